The van der Waals surface area contributed by atoms with E-state index in [1.807, 2.05) is 12.1 Å². The molecule has 4 rings (SSSR count). The maximum Gasteiger partial charge on any atom is 0.254 e. The molecular formula is C20H25N3O3. The van der Waals surface area contributed by atoms with E-state index < -0.39 is 0 Å². The van der Waals surface area contributed by atoms with Crippen LogP contribution in [0.15, 0.2) is 16.9 Å². The number of ether oxygens (including phenoxy) is 2. The number of H-pyrrole nitrogens is 1. The minimum atomic E-state index is 0.0507. The second-order valence-electron chi connectivity index (χ2n) is 7.24. The van der Waals surface area contributed by atoms with Crippen molar-refractivity contribution < 1.29 is 9.47 Å². The van der Waals surface area contributed by atoms with Crippen LogP contribution in [0.3, 0.4) is 0 Å². The monoisotopic (exact) mass is 355 g/mol. The molecule has 0 amide bonds. The summed E-state index contributed by atoms with van der Waals surface area (Å²) >= 11 is 0. The Kier molecular flexibility index (Phi) is 4.44. The Labute approximate surface area is 153 Å². The Bertz CT molecular complexity index is 887. The summed E-state index contributed by atoms with van der Waals surface area (Å²) < 4.78 is 10.9. The van der Waals surface area contributed by atoms with Gasteiger partial charge in [-0.2, -0.15) is 0 Å². The van der Waals surface area contributed by atoms with E-state index in [0.717, 1.165) is 72.1 Å². The quantitative estimate of drug-likeness (QED) is 0.893. The lowest BCUT2D eigenvalue weighted by atomic mass is 10.0. The summed E-state index contributed by atoms with van der Waals surface area (Å²) in [7, 11) is 3.35. The van der Waals surface area contributed by atoms with Gasteiger partial charge in [0.05, 0.1) is 19.9 Å². The van der Waals surface area contributed by atoms with Gasteiger partial charge in [0.2, 0.25) is 0 Å². The van der Waals surface area contributed by atoms with E-state index in [0.29, 0.717) is 12.5 Å². The lowest BCUT2D eigenvalue weighted by Gasteiger charge is -2.29. The molecule has 0 atom stereocenters. The predicted molar refractivity (Wildman–Crippen MR) is 98.9 cm³/mol. The summed E-state index contributed by atoms with van der Waals surface area (Å²) in [6.45, 7) is 4.39. The molecule has 0 bridgehead atoms. The van der Waals surface area contributed by atoms with Crippen molar-refractivity contribution in [3.63, 3.8) is 0 Å². The van der Waals surface area contributed by atoms with Gasteiger partial charge in [0, 0.05) is 42.7 Å². The number of hydrogen-bond acceptors (Lipinski definition) is 5. The number of nitrogens with zero attached hydrogens (tertiary/aromatic N) is 2. The molecule has 2 aromatic rings. The molecule has 2 heterocycles. The first-order valence-electron chi connectivity index (χ1n) is 9.15. The minimum absolute atomic E-state index is 0.0507. The number of aromatic amines is 1. The Balaban J connectivity index is 1.59. The molecule has 1 aliphatic carbocycles. The second-order valence-corrected chi connectivity index (χ2v) is 7.24. The van der Waals surface area contributed by atoms with Crippen molar-refractivity contribution in [1.82, 2.24) is 14.9 Å². The zero-order valence-corrected chi connectivity index (χ0v) is 15.6. The summed E-state index contributed by atoms with van der Waals surface area (Å²) in [5, 5.41) is 0. The van der Waals surface area contributed by atoms with Crippen molar-refractivity contribution in [3.8, 4) is 11.5 Å². The average molecular weight is 355 g/mol. The van der Waals surface area contributed by atoms with Gasteiger partial charge in [0.1, 0.15) is 17.3 Å². The van der Waals surface area contributed by atoms with Crippen LogP contribution in [0, 0.1) is 6.92 Å². The Morgan fingerprint density at radius 2 is 2.08 bits per heavy atom. The van der Waals surface area contributed by atoms with Gasteiger partial charge in [-0.05, 0) is 37.8 Å². The fourth-order valence-electron chi connectivity index (χ4n) is 3.68. The van der Waals surface area contributed by atoms with Gasteiger partial charge in [-0.1, -0.05) is 0 Å². The molecule has 1 saturated carbocycles. The molecule has 0 spiro atoms. The molecule has 1 N–H and O–H groups in total. The number of aromatic nitrogens is 2. The lowest BCUT2D eigenvalue weighted by Crippen LogP contribution is -2.35. The molecule has 6 heteroatoms. The number of rotatable bonds is 5. The molecule has 1 aromatic carbocycles. The number of hydrogen-bond donors (Lipinski definition) is 1. The lowest BCUT2D eigenvalue weighted by molar-refractivity contribution is 0.235. The average Bonchev–Trinajstić information content (AvgIpc) is 3.48. The SMILES string of the molecule is COc1cc(C)c(CN2CCc3c(nc(C4CC4)[nH]c3=O)C2)c(OC)c1. The van der Waals surface area contributed by atoms with Crippen LogP contribution in [0.1, 0.15) is 47.0 Å². The largest absolute Gasteiger partial charge is 0.497 e. The van der Waals surface area contributed by atoms with Gasteiger partial charge < -0.3 is 14.5 Å². The van der Waals surface area contributed by atoms with E-state index >= 15 is 0 Å². The van der Waals surface area contributed by atoms with E-state index in [-0.39, 0.29) is 5.56 Å². The first-order chi connectivity index (χ1) is 12.6. The highest BCUT2D eigenvalue weighted by Crippen LogP contribution is 2.38. The first-order valence-corrected chi connectivity index (χ1v) is 9.15. The number of fused-ring (bicyclic) bond motifs is 1. The predicted octanol–water partition coefficient (Wildman–Crippen LogP) is 2.53. The Hall–Kier alpha value is -2.34. The van der Waals surface area contributed by atoms with E-state index in [1.54, 1.807) is 14.2 Å². The molecule has 0 unspecified atom stereocenters. The zero-order chi connectivity index (χ0) is 18.3. The molecular weight excluding hydrogens is 330 g/mol. The third-order valence-electron chi connectivity index (χ3n) is 5.38. The Morgan fingerprint density at radius 3 is 2.77 bits per heavy atom. The molecule has 0 radical (unpaired) electrons. The van der Waals surface area contributed by atoms with E-state index in [2.05, 4.69) is 16.8 Å². The highest BCUT2D eigenvalue weighted by molar-refractivity contribution is 5.46. The molecule has 26 heavy (non-hydrogen) atoms. The standard InChI is InChI=1S/C20H25N3O3/c1-12-8-14(25-2)9-18(26-3)16(12)10-23-7-6-15-17(11-23)21-19(13-4-5-13)22-20(15)24/h8-9,13H,4-7,10-11H2,1-3H3,(H,21,22,24). The molecule has 2 aliphatic rings. The van der Waals surface area contributed by atoms with Crippen LogP contribution in [0.4, 0.5) is 0 Å². The van der Waals surface area contributed by atoms with E-state index in [1.165, 1.54) is 0 Å². The van der Waals surface area contributed by atoms with Crippen molar-refractivity contribution >= 4 is 0 Å². The fraction of sp³-hybridized carbons (Fsp3) is 0.500. The van der Waals surface area contributed by atoms with Crippen LogP contribution in [-0.2, 0) is 19.5 Å². The molecule has 1 aromatic heterocycles. The Morgan fingerprint density at radius 1 is 1.27 bits per heavy atom. The first kappa shape index (κ1) is 17.1. The van der Waals surface area contributed by atoms with E-state index in [9.17, 15) is 4.79 Å². The minimum Gasteiger partial charge on any atom is -0.497 e. The fourth-order valence-corrected chi connectivity index (χ4v) is 3.68. The summed E-state index contributed by atoms with van der Waals surface area (Å²) in [5.41, 5.74) is 4.14. The summed E-state index contributed by atoms with van der Waals surface area (Å²) in [6, 6.07) is 3.96. The van der Waals surface area contributed by atoms with Crippen molar-refractivity contribution in [2.75, 3.05) is 20.8 Å². The van der Waals surface area contributed by atoms with Crippen LogP contribution in [0.2, 0.25) is 0 Å². The van der Waals surface area contributed by atoms with Gasteiger partial charge in [0.25, 0.3) is 5.56 Å². The number of methoxy groups -OCH3 is 2. The van der Waals surface area contributed by atoms with Gasteiger partial charge in [0.15, 0.2) is 0 Å². The smallest absolute Gasteiger partial charge is 0.254 e. The van der Waals surface area contributed by atoms with Crippen molar-refractivity contribution in [2.24, 2.45) is 0 Å². The second kappa shape index (κ2) is 6.76. The zero-order valence-electron chi connectivity index (χ0n) is 15.6. The van der Waals surface area contributed by atoms with Crippen molar-refractivity contribution in [1.29, 1.82) is 0 Å². The number of nitrogens with one attached hydrogen (secondary N) is 1. The highest BCUT2D eigenvalue weighted by atomic mass is 16.5. The van der Waals surface area contributed by atoms with Crippen molar-refractivity contribution in [2.45, 2.75) is 45.2 Å². The maximum atomic E-state index is 12.4. The normalized spacial score (nSPS) is 17.0. The van der Waals surface area contributed by atoms with Crippen LogP contribution in [0.5, 0.6) is 11.5 Å². The third kappa shape index (κ3) is 3.21. The van der Waals surface area contributed by atoms with Crippen LogP contribution >= 0.6 is 0 Å². The van der Waals surface area contributed by atoms with Gasteiger partial charge in [-0.15, -0.1) is 0 Å². The molecule has 1 fully saturated rings. The number of benzene rings is 1. The van der Waals surface area contributed by atoms with Gasteiger partial charge in [-0.25, -0.2) is 4.98 Å². The van der Waals surface area contributed by atoms with Crippen molar-refractivity contribution in [3.05, 3.63) is 50.7 Å². The topological polar surface area (TPSA) is 67.5 Å². The highest BCUT2D eigenvalue weighted by Gasteiger charge is 2.29. The molecule has 6 nitrogen and oxygen atoms in total. The maximum absolute atomic E-state index is 12.4. The summed E-state index contributed by atoms with van der Waals surface area (Å²) in [6.07, 6.45) is 3.00. The molecule has 138 valence electrons. The van der Waals surface area contributed by atoms with Gasteiger partial charge in [-0.3, -0.25) is 9.69 Å². The van der Waals surface area contributed by atoms with Gasteiger partial charge >= 0.3 is 0 Å². The molecule has 0 saturated heterocycles. The third-order valence-corrected chi connectivity index (χ3v) is 5.38. The molecule has 1 aliphatic heterocycles. The summed E-state index contributed by atoms with van der Waals surface area (Å²) in [5.74, 6) is 2.96. The van der Waals surface area contributed by atoms with Crippen LogP contribution in [0.25, 0.3) is 0 Å². The van der Waals surface area contributed by atoms with Crippen LogP contribution in [-0.4, -0.2) is 35.6 Å². The number of aryl methyl sites for hydroxylation is 1. The van der Waals surface area contributed by atoms with E-state index in [4.69, 9.17) is 14.5 Å². The van der Waals surface area contributed by atoms with Crippen LogP contribution < -0.4 is 15.0 Å². The summed E-state index contributed by atoms with van der Waals surface area (Å²) in [4.78, 5) is 22.4.